The van der Waals surface area contributed by atoms with Crippen LogP contribution in [-0.4, -0.2) is 50.6 Å². The van der Waals surface area contributed by atoms with Gasteiger partial charge in [0.15, 0.2) is 11.5 Å². The number of hydrogen-bond acceptors (Lipinski definition) is 5. The van der Waals surface area contributed by atoms with Crippen LogP contribution in [0, 0.1) is 11.7 Å². The first-order valence-corrected chi connectivity index (χ1v) is 12.8. The fourth-order valence-corrected chi connectivity index (χ4v) is 4.68. The summed E-state index contributed by atoms with van der Waals surface area (Å²) in [5, 5.41) is 5.92. The summed E-state index contributed by atoms with van der Waals surface area (Å²) in [6, 6.07) is 19.3. The fourth-order valence-electron chi connectivity index (χ4n) is 4.68. The van der Waals surface area contributed by atoms with Gasteiger partial charge < -0.3 is 20.1 Å². The molecule has 1 aliphatic heterocycles. The number of hydrogen-bond donors (Lipinski definition) is 2. The van der Waals surface area contributed by atoms with Crippen LogP contribution in [0.4, 0.5) is 10.1 Å². The zero-order chi connectivity index (χ0) is 26.9. The van der Waals surface area contributed by atoms with E-state index in [2.05, 4.69) is 15.5 Å². The summed E-state index contributed by atoms with van der Waals surface area (Å²) >= 11 is 0. The number of halogens is 1. The number of anilines is 1. The Morgan fingerprint density at radius 1 is 0.921 bits per heavy atom. The lowest BCUT2D eigenvalue weighted by Gasteiger charge is -2.31. The van der Waals surface area contributed by atoms with Crippen molar-refractivity contribution in [2.75, 3.05) is 39.2 Å². The number of piperidine rings is 1. The van der Waals surface area contributed by atoms with E-state index in [9.17, 15) is 14.0 Å². The Hall–Kier alpha value is -3.91. The van der Waals surface area contributed by atoms with Gasteiger partial charge in [-0.2, -0.15) is 0 Å². The lowest BCUT2D eigenvalue weighted by atomic mass is 9.95. The third-order valence-electron chi connectivity index (χ3n) is 6.85. The molecule has 3 aromatic rings. The van der Waals surface area contributed by atoms with E-state index in [-0.39, 0.29) is 23.5 Å². The van der Waals surface area contributed by atoms with Crippen LogP contribution in [0.15, 0.2) is 66.7 Å². The summed E-state index contributed by atoms with van der Waals surface area (Å²) in [5.74, 6) is 0.623. The number of nitrogens with one attached hydrogen (secondary N) is 2. The van der Waals surface area contributed by atoms with E-state index in [1.165, 1.54) is 12.1 Å². The third-order valence-corrected chi connectivity index (χ3v) is 6.85. The molecule has 3 aromatic carbocycles. The molecule has 200 valence electrons. The minimum absolute atomic E-state index is 0.0722. The van der Waals surface area contributed by atoms with Crippen molar-refractivity contribution in [3.8, 4) is 11.5 Å². The summed E-state index contributed by atoms with van der Waals surface area (Å²) < 4.78 is 23.8. The number of para-hydroxylation sites is 1. The number of rotatable bonds is 10. The molecule has 0 aliphatic carbocycles. The van der Waals surface area contributed by atoms with Crippen LogP contribution < -0.4 is 20.1 Å². The fraction of sp³-hybridized carbons (Fsp3) is 0.333. The number of likely N-dealkylation sites (tertiary alicyclic amines) is 1. The average Bonchev–Trinajstić information content (AvgIpc) is 2.94. The lowest BCUT2D eigenvalue weighted by Crippen LogP contribution is -2.38. The second kappa shape index (κ2) is 13.1. The van der Waals surface area contributed by atoms with Crippen LogP contribution in [0.1, 0.15) is 34.3 Å². The van der Waals surface area contributed by atoms with Crippen molar-refractivity contribution in [2.45, 2.75) is 25.8 Å². The first kappa shape index (κ1) is 27.1. The number of carbonyl (C=O) groups is 2. The Balaban J connectivity index is 1.28. The summed E-state index contributed by atoms with van der Waals surface area (Å²) in [7, 11) is 3.18. The largest absolute Gasteiger partial charge is 0.493 e. The van der Waals surface area contributed by atoms with Gasteiger partial charge >= 0.3 is 0 Å². The van der Waals surface area contributed by atoms with Crippen molar-refractivity contribution in [1.29, 1.82) is 0 Å². The van der Waals surface area contributed by atoms with Gasteiger partial charge in [0.25, 0.3) is 5.91 Å². The number of amides is 2. The average molecular weight is 520 g/mol. The maximum absolute atomic E-state index is 13.2. The second-order valence-corrected chi connectivity index (χ2v) is 9.41. The minimum Gasteiger partial charge on any atom is -0.493 e. The summed E-state index contributed by atoms with van der Waals surface area (Å²) in [6.45, 7) is 2.74. The zero-order valence-electron chi connectivity index (χ0n) is 21.8. The summed E-state index contributed by atoms with van der Waals surface area (Å²) in [6.07, 6.45) is 2.08. The SMILES string of the molecule is COc1ccc(CCNC(=O)c2ccccc2NC(=O)C2CCN(Cc3ccc(F)cc3)CC2)cc1OC. The molecule has 1 aliphatic rings. The predicted octanol–water partition coefficient (Wildman–Crippen LogP) is 4.67. The Kier molecular flexibility index (Phi) is 9.32. The maximum Gasteiger partial charge on any atom is 0.253 e. The molecule has 0 atom stereocenters. The van der Waals surface area contributed by atoms with Gasteiger partial charge in [-0.1, -0.05) is 30.3 Å². The molecule has 0 saturated carbocycles. The molecule has 1 saturated heterocycles. The van der Waals surface area contributed by atoms with Gasteiger partial charge in [-0.3, -0.25) is 14.5 Å². The quantitative estimate of drug-likeness (QED) is 0.407. The molecule has 1 fully saturated rings. The van der Waals surface area contributed by atoms with Crippen molar-refractivity contribution >= 4 is 17.5 Å². The first-order valence-electron chi connectivity index (χ1n) is 12.8. The second-order valence-electron chi connectivity index (χ2n) is 9.41. The highest BCUT2D eigenvalue weighted by atomic mass is 19.1. The summed E-state index contributed by atoms with van der Waals surface area (Å²) in [4.78, 5) is 28.2. The van der Waals surface area contributed by atoms with E-state index in [1.807, 2.05) is 18.2 Å². The monoisotopic (exact) mass is 519 g/mol. The molecule has 0 bridgehead atoms. The lowest BCUT2D eigenvalue weighted by molar-refractivity contribution is -0.121. The molecule has 1 heterocycles. The molecular formula is C30H34FN3O4. The van der Waals surface area contributed by atoms with Crippen LogP contribution >= 0.6 is 0 Å². The van der Waals surface area contributed by atoms with Crippen molar-refractivity contribution in [3.63, 3.8) is 0 Å². The highest BCUT2D eigenvalue weighted by molar-refractivity contribution is 6.04. The molecule has 2 N–H and O–H groups in total. The number of ether oxygens (including phenoxy) is 2. The van der Waals surface area contributed by atoms with Crippen LogP contribution in [-0.2, 0) is 17.8 Å². The number of methoxy groups -OCH3 is 2. The van der Waals surface area contributed by atoms with Gasteiger partial charge in [-0.15, -0.1) is 0 Å². The standard InChI is InChI=1S/C30H34FN3O4/c1-37-27-12-9-21(19-28(27)38-2)13-16-32-30(36)25-5-3-4-6-26(25)33-29(35)23-14-17-34(18-15-23)20-22-7-10-24(31)11-8-22/h3-12,19,23H,13-18,20H2,1-2H3,(H,32,36)(H,33,35). The molecular weight excluding hydrogens is 485 g/mol. The molecule has 0 unspecified atom stereocenters. The van der Waals surface area contributed by atoms with Gasteiger partial charge in [0, 0.05) is 19.0 Å². The highest BCUT2D eigenvalue weighted by Gasteiger charge is 2.26. The van der Waals surface area contributed by atoms with Gasteiger partial charge in [0.1, 0.15) is 5.82 Å². The van der Waals surface area contributed by atoms with Gasteiger partial charge in [0.2, 0.25) is 5.91 Å². The summed E-state index contributed by atoms with van der Waals surface area (Å²) in [5.41, 5.74) is 3.01. The maximum atomic E-state index is 13.2. The number of nitrogens with zero attached hydrogens (tertiary/aromatic N) is 1. The smallest absolute Gasteiger partial charge is 0.253 e. The van der Waals surface area contributed by atoms with Crippen LogP contribution in [0.3, 0.4) is 0 Å². The van der Waals surface area contributed by atoms with Gasteiger partial charge in [0.05, 0.1) is 25.5 Å². The molecule has 4 rings (SSSR count). The van der Waals surface area contributed by atoms with Crippen LogP contribution in [0.5, 0.6) is 11.5 Å². The Labute approximate surface area is 222 Å². The molecule has 38 heavy (non-hydrogen) atoms. The molecule has 0 aromatic heterocycles. The molecule has 0 radical (unpaired) electrons. The molecule has 0 spiro atoms. The number of benzene rings is 3. The topological polar surface area (TPSA) is 79.9 Å². The van der Waals surface area contributed by atoms with Crippen molar-refractivity contribution in [3.05, 3.63) is 89.2 Å². The van der Waals surface area contributed by atoms with Crippen molar-refractivity contribution in [2.24, 2.45) is 5.92 Å². The van der Waals surface area contributed by atoms with Crippen molar-refractivity contribution in [1.82, 2.24) is 10.2 Å². The van der Waals surface area contributed by atoms with Crippen LogP contribution in [0.25, 0.3) is 0 Å². The molecule has 8 heteroatoms. The number of carbonyl (C=O) groups excluding carboxylic acids is 2. The first-order chi connectivity index (χ1) is 18.5. The van der Waals surface area contributed by atoms with Gasteiger partial charge in [-0.05, 0) is 79.9 Å². The minimum atomic E-state index is -0.240. The van der Waals surface area contributed by atoms with E-state index in [1.54, 1.807) is 50.6 Å². The van der Waals surface area contributed by atoms with Crippen LogP contribution in [0.2, 0.25) is 0 Å². The van der Waals surface area contributed by atoms with Crippen molar-refractivity contribution < 1.29 is 23.5 Å². The normalized spacial score (nSPS) is 14.1. The van der Waals surface area contributed by atoms with E-state index in [0.717, 1.165) is 43.6 Å². The van der Waals surface area contributed by atoms with E-state index in [4.69, 9.17) is 9.47 Å². The Bertz CT molecular complexity index is 1240. The zero-order valence-corrected chi connectivity index (χ0v) is 21.8. The Morgan fingerprint density at radius 2 is 1.61 bits per heavy atom. The van der Waals surface area contributed by atoms with E-state index >= 15 is 0 Å². The van der Waals surface area contributed by atoms with Gasteiger partial charge in [-0.25, -0.2) is 4.39 Å². The van der Waals surface area contributed by atoms with E-state index < -0.39 is 0 Å². The van der Waals surface area contributed by atoms with E-state index in [0.29, 0.717) is 35.7 Å². The predicted molar refractivity (Wildman–Crippen MR) is 145 cm³/mol. The highest BCUT2D eigenvalue weighted by Crippen LogP contribution is 2.28. The Morgan fingerprint density at radius 3 is 2.32 bits per heavy atom. The molecule has 7 nitrogen and oxygen atoms in total. The third kappa shape index (κ3) is 7.10. The molecule has 2 amide bonds.